The molecule has 112 valence electrons. The molecule has 1 rings (SSSR count). The lowest BCUT2D eigenvalue weighted by Crippen LogP contribution is -2.55. The average molecular weight is 277 g/mol. The number of benzene rings is 1. The summed E-state index contributed by atoms with van der Waals surface area (Å²) in [5, 5.41) is 0. The zero-order valence-corrected chi connectivity index (χ0v) is 13.3. The van der Waals surface area contributed by atoms with Crippen molar-refractivity contribution in [2.75, 3.05) is 27.2 Å². The van der Waals surface area contributed by atoms with Gasteiger partial charge in [0, 0.05) is 19.1 Å². The minimum absolute atomic E-state index is 0.0273. The normalized spacial score (nSPS) is 15.8. The van der Waals surface area contributed by atoms with Gasteiger partial charge in [0.1, 0.15) is 5.54 Å². The first-order valence-electron chi connectivity index (χ1n) is 7.10. The van der Waals surface area contributed by atoms with Gasteiger partial charge in [-0.3, -0.25) is 4.79 Å². The van der Waals surface area contributed by atoms with Crippen LogP contribution in [0.5, 0.6) is 0 Å². The number of carbonyl (C=O) groups excluding carboxylic acids is 1. The fourth-order valence-electron chi connectivity index (χ4n) is 2.49. The maximum absolute atomic E-state index is 12.8. The Kier molecular flexibility index (Phi) is 5.72. The first kappa shape index (κ1) is 16.7. The van der Waals surface area contributed by atoms with Crippen LogP contribution < -0.4 is 5.73 Å². The monoisotopic (exact) mass is 277 g/mol. The van der Waals surface area contributed by atoms with Crippen molar-refractivity contribution in [3.05, 3.63) is 35.9 Å². The number of nitrogens with two attached hydrogens (primary N) is 1. The third-order valence-electron chi connectivity index (χ3n) is 3.58. The van der Waals surface area contributed by atoms with E-state index in [0.717, 1.165) is 12.1 Å². The molecule has 0 bridgehead atoms. The van der Waals surface area contributed by atoms with Gasteiger partial charge in [0.25, 0.3) is 0 Å². The summed E-state index contributed by atoms with van der Waals surface area (Å²) in [5.41, 5.74) is 6.18. The van der Waals surface area contributed by atoms with E-state index in [1.165, 1.54) is 0 Å². The predicted octanol–water partition coefficient (Wildman–Crippen LogP) is 1.66. The molecule has 0 saturated carbocycles. The molecule has 4 heteroatoms. The standard InChI is InChI=1S/C16H27N3O/c1-6-19(13(2)12-18(4)5)15(20)16(3,17)14-10-8-7-9-11-14/h7-11,13H,6,12,17H2,1-5H3. The summed E-state index contributed by atoms with van der Waals surface area (Å²) in [5.74, 6) is -0.0273. The van der Waals surface area contributed by atoms with Crippen LogP contribution in [0, 0.1) is 0 Å². The minimum atomic E-state index is -0.988. The summed E-state index contributed by atoms with van der Waals surface area (Å²) in [6.45, 7) is 7.32. The van der Waals surface area contributed by atoms with E-state index >= 15 is 0 Å². The Hall–Kier alpha value is -1.39. The number of rotatable bonds is 6. The van der Waals surface area contributed by atoms with E-state index in [9.17, 15) is 4.79 Å². The van der Waals surface area contributed by atoms with Crippen molar-refractivity contribution in [2.45, 2.75) is 32.4 Å². The molecule has 0 radical (unpaired) electrons. The van der Waals surface area contributed by atoms with E-state index in [2.05, 4.69) is 11.8 Å². The van der Waals surface area contributed by atoms with Crippen molar-refractivity contribution in [3.63, 3.8) is 0 Å². The average Bonchev–Trinajstić information content (AvgIpc) is 2.39. The molecule has 1 aromatic rings. The molecule has 0 heterocycles. The van der Waals surface area contributed by atoms with Gasteiger partial charge in [0.2, 0.25) is 5.91 Å². The van der Waals surface area contributed by atoms with Gasteiger partial charge in [-0.05, 0) is 40.4 Å². The van der Waals surface area contributed by atoms with Crippen molar-refractivity contribution in [3.8, 4) is 0 Å². The zero-order valence-electron chi connectivity index (χ0n) is 13.3. The van der Waals surface area contributed by atoms with Gasteiger partial charge in [-0.25, -0.2) is 0 Å². The summed E-state index contributed by atoms with van der Waals surface area (Å²) in [7, 11) is 4.02. The van der Waals surface area contributed by atoms with E-state index in [1.54, 1.807) is 6.92 Å². The number of amides is 1. The van der Waals surface area contributed by atoms with Crippen LogP contribution in [0.1, 0.15) is 26.3 Å². The van der Waals surface area contributed by atoms with Crippen LogP contribution in [0.15, 0.2) is 30.3 Å². The highest BCUT2D eigenvalue weighted by Crippen LogP contribution is 2.21. The molecule has 20 heavy (non-hydrogen) atoms. The summed E-state index contributed by atoms with van der Waals surface area (Å²) >= 11 is 0. The third kappa shape index (κ3) is 3.81. The van der Waals surface area contributed by atoms with Crippen molar-refractivity contribution in [2.24, 2.45) is 5.73 Å². The largest absolute Gasteiger partial charge is 0.337 e. The minimum Gasteiger partial charge on any atom is -0.337 e. The lowest BCUT2D eigenvalue weighted by Gasteiger charge is -2.36. The highest BCUT2D eigenvalue weighted by Gasteiger charge is 2.35. The molecule has 0 aliphatic rings. The molecule has 0 aliphatic heterocycles. The quantitative estimate of drug-likeness (QED) is 0.860. The van der Waals surface area contributed by atoms with Crippen LogP contribution in [0.3, 0.4) is 0 Å². The predicted molar refractivity (Wildman–Crippen MR) is 83.4 cm³/mol. The number of hydrogen-bond acceptors (Lipinski definition) is 3. The summed E-state index contributed by atoms with van der Waals surface area (Å²) in [6, 6.07) is 9.69. The third-order valence-corrected chi connectivity index (χ3v) is 3.58. The second-order valence-corrected chi connectivity index (χ2v) is 5.77. The van der Waals surface area contributed by atoms with Crippen molar-refractivity contribution in [1.29, 1.82) is 0 Å². The first-order chi connectivity index (χ1) is 9.30. The smallest absolute Gasteiger partial charge is 0.247 e. The summed E-state index contributed by atoms with van der Waals surface area (Å²) in [4.78, 5) is 16.7. The van der Waals surface area contributed by atoms with Gasteiger partial charge in [-0.15, -0.1) is 0 Å². The molecule has 0 fully saturated rings. The molecule has 1 amide bonds. The van der Waals surface area contributed by atoms with Crippen molar-refractivity contribution < 1.29 is 4.79 Å². The van der Waals surface area contributed by atoms with E-state index in [1.807, 2.05) is 56.3 Å². The van der Waals surface area contributed by atoms with Gasteiger partial charge in [0.05, 0.1) is 0 Å². The fourth-order valence-corrected chi connectivity index (χ4v) is 2.49. The molecule has 1 aromatic carbocycles. The molecular formula is C16H27N3O. The lowest BCUT2D eigenvalue weighted by atomic mass is 9.91. The van der Waals surface area contributed by atoms with E-state index in [-0.39, 0.29) is 11.9 Å². The van der Waals surface area contributed by atoms with Crippen LogP contribution in [0.2, 0.25) is 0 Å². The van der Waals surface area contributed by atoms with E-state index in [0.29, 0.717) is 6.54 Å². The molecule has 2 atom stereocenters. The molecule has 0 aromatic heterocycles. The maximum atomic E-state index is 12.8. The van der Waals surface area contributed by atoms with Gasteiger partial charge in [-0.1, -0.05) is 30.3 Å². The van der Waals surface area contributed by atoms with Crippen LogP contribution in [-0.2, 0) is 10.3 Å². The first-order valence-corrected chi connectivity index (χ1v) is 7.10. The number of likely N-dealkylation sites (N-methyl/N-ethyl adjacent to an activating group) is 2. The number of nitrogens with zero attached hydrogens (tertiary/aromatic N) is 2. The lowest BCUT2D eigenvalue weighted by molar-refractivity contribution is -0.138. The Morgan fingerprint density at radius 1 is 1.30 bits per heavy atom. The molecule has 2 N–H and O–H groups in total. The zero-order chi connectivity index (χ0) is 15.3. The Morgan fingerprint density at radius 3 is 2.30 bits per heavy atom. The van der Waals surface area contributed by atoms with Gasteiger partial charge in [-0.2, -0.15) is 0 Å². The van der Waals surface area contributed by atoms with Crippen molar-refractivity contribution >= 4 is 5.91 Å². The Labute approximate surface area is 122 Å². The highest BCUT2D eigenvalue weighted by atomic mass is 16.2. The Balaban J connectivity index is 2.95. The van der Waals surface area contributed by atoms with Crippen LogP contribution in [-0.4, -0.2) is 48.9 Å². The second-order valence-electron chi connectivity index (χ2n) is 5.77. The van der Waals surface area contributed by atoms with Crippen molar-refractivity contribution in [1.82, 2.24) is 9.80 Å². The Bertz CT molecular complexity index is 429. The van der Waals surface area contributed by atoms with Gasteiger partial charge >= 0.3 is 0 Å². The summed E-state index contributed by atoms with van der Waals surface area (Å²) in [6.07, 6.45) is 0. The molecule has 4 nitrogen and oxygen atoms in total. The fraction of sp³-hybridized carbons (Fsp3) is 0.562. The van der Waals surface area contributed by atoms with Crippen LogP contribution in [0.4, 0.5) is 0 Å². The van der Waals surface area contributed by atoms with Gasteiger partial charge < -0.3 is 15.5 Å². The van der Waals surface area contributed by atoms with E-state index < -0.39 is 5.54 Å². The summed E-state index contributed by atoms with van der Waals surface area (Å²) < 4.78 is 0. The maximum Gasteiger partial charge on any atom is 0.247 e. The number of carbonyl (C=O) groups is 1. The molecule has 0 aliphatic carbocycles. The van der Waals surface area contributed by atoms with Crippen LogP contribution in [0.25, 0.3) is 0 Å². The van der Waals surface area contributed by atoms with E-state index in [4.69, 9.17) is 5.73 Å². The topological polar surface area (TPSA) is 49.6 Å². The number of hydrogen-bond donors (Lipinski definition) is 1. The molecule has 0 saturated heterocycles. The molecular weight excluding hydrogens is 250 g/mol. The van der Waals surface area contributed by atoms with Gasteiger partial charge in [0.15, 0.2) is 0 Å². The second kappa shape index (κ2) is 6.86. The molecule has 2 unspecified atom stereocenters. The SMILES string of the molecule is CCN(C(=O)C(C)(N)c1ccccc1)C(C)CN(C)C. The van der Waals surface area contributed by atoms with Crippen LogP contribution >= 0.6 is 0 Å². The molecule has 0 spiro atoms. The highest BCUT2D eigenvalue weighted by molar-refractivity contribution is 5.87. The Morgan fingerprint density at radius 2 is 1.85 bits per heavy atom.